The lowest BCUT2D eigenvalue weighted by Gasteiger charge is -2.19. The van der Waals surface area contributed by atoms with Gasteiger partial charge in [-0.05, 0) is 32.3 Å². The third-order valence-corrected chi connectivity index (χ3v) is 5.12. The predicted molar refractivity (Wildman–Crippen MR) is 85.0 cm³/mol. The zero-order valence-electron chi connectivity index (χ0n) is 12.4. The van der Waals surface area contributed by atoms with Gasteiger partial charge in [0.1, 0.15) is 16.5 Å². The number of aryl methyl sites for hydroxylation is 2. The Hall–Kier alpha value is -1.71. The molecule has 0 radical (unpaired) electrons. The summed E-state index contributed by atoms with van der Waals surface area (Å²) in [5.74, 6) is 1.35. The summed E-state index contributed by atoms with van der Waals surface area (Å²) in [6.45, 7) is 5.62. The summed E-state index contributed by atoms with van der Waals surface area (Å²) in [6.07, 6.45) is 2.96. The number of fused-ring (bicyclic) bond motifs is 1. The molecule has 0 aliphatic heterocycles. The Morgan fingerprint density at radius 1 is 1.38 bits per heavy atom. The van der Waals surface area contributed by atoms with E-state index in [0.29, 0.717) is 24.8 Å². The number of nitrogens with zero attached hydrogens (tertiary/aromatic N) is 4. The molecule has 2 aromatic heterocycles. The van der Waals surface area contributed by atoms with Crippen LogP contribution in [0.1, 0.15) is 35.5 Å². The summed E-state index contributed by atoms with van der Waals surface area (Å²) >= 11 is 1.67. The molecule has 1 fully saturated rings. The molecule has 2 N–H and O–H groups in total. The molecule has 3 rings (SSSR count). The van der Waals surface area contributed by atoms with Crippen LogP contribution in [0, 0.1) is 25.2 Å². The van der Waals surface area contributed by atoms with Crippen LogP contribution in [0.15, 0.2) is 0 Å². The van der Waals surface area contributed by atoms with E-state index in [1.54, 1.807) is 11.3 Å². The number of hydrogen-bond acceptors (Lipinski definition) is 6. The Morgan fingerprint density at radius 3 is 2.81 bits per heavy atom. The second kappa shape index (κ2) is 5.58. The van der Waals surface area contributed by atoms with E-state index in [9.17, 15) is 0 Å². The van der Waals surface area contributed by atoms with Gasteiger partial charge in [-0.1, -0.05) is 0 Å². The zero-order valence-corrected chi connectivity index (χ0v) is 13.2. The lowest BCUT2D eigenvalue weighted by Crippen LogP contribution is -2.27. The van der Waals surface area contributed by atoms with Crippen LogP contribution in [0.5, 0.6) is 0 Å². The molecule has 0 atom stereocenters. The van der Waals surface area contributed by atoms with Crippen LogP contribution in [0.25, 0.3) is 10.2 Å². The maximum atomic E-state index is 8.78. The van der Waals surface area contributed by atoms with Gasteiger partial charge in [0, 0.05) is 23.9 Å². The van der Waals surface area contributed by atoms with Crippen LogP contribution in [0.4, 0.5) is 5.82 Å². The lowest BCUT2D eigenvalue weighted by molar-refractivity contribution is 0.255. The van der Waals surface area contributed by atoms with Crippen molar-refractivity contribution in [2.24, 2.45) is 0 Å². The molecule has 0 amide bonds. The SMILES string of the molecule is Cc1sc2nc(CN(CCC#N)C3CC3)nc(N)c2c1C. The van der Waals surface area contributed by atoms with Crippen LogP contribution in [-0.2, 0) is 6.54 Å². The first-order chi connectivity index (χ1) is 10.1. The van der Waals surface area contributed by atoms with Crippen LogP contribution >= 0.6 is 11.3 Å². The molecule has 1 aliphatic rings. The minimum atomic E-state index is 0.547. The molecule has 1 aliphatic carbocycles. The molecular weight excluding hydrogens is 282 g/mol. The van der Waals surface area contributed by atoms with Crippen LogP contribution in [0.3, 0.4) is 0 Å². The van der Waals surface area contributed by atoms with Crippen molar-refractivity contribution in [1.82, 2.24) is 14.9 Å². The molecule has 0 spiro atoms. The highest BCUT2D eigenvalue weighted by atomic mass is 32.1. The van der Waals surface area contributed by atoms with Gasteiger partial charge in [-0.3, -0.25) is 4.90 Å². The van der Waals surface area contributed by atoms with E-state index in [2.05, 4.69) is 34.8 Å². The highest BCUT2D eigenvalue weighted by molar-refractivity contribution is 7.18. The van der Waals surface area contributed by atoms with Gasteiger partial charge in [-0.2, -0.15) is 5.26 Å². The average Bonchev–Trinajstić information content (AvgIpc) is 3.23. The summed E-state index contributed by atoms with van der Waals surface area (Å²) < 4.78 is 0. The minimum Gasteiger partial charge on any atom is -0.383 e. The number of nitrogens with two attached hydrogens (primary N) is 1. The minimum absolute atomic E-state index is 0.547. The number of anilines is 1. The topological polar surface area (TPSA) is 78.8 Å². The van der Waals surface area contributed by atoms with E-state index in [1.165, 1.54) is 23.3 Å². The lowest BCUT2D eigenvalue weighted by atomic mass is 10.2. The fourth-order valence-electron chi connectivity index (χ4n) is 2.60. The number of aromatic nitrogens is 2. The van der Waals surface area contributed by atoms with Crippen molar-refractivity contribution in [2.75, 3.05) is 12.3 Å². The first kappa shape index (κ1) is 14.2. The highest BCUT2D eigenvalue weighted by Gasteiger charge is 2.29. The van der Waals surface area contributed by atoms with Crippen molar-refractivity contribution < 1.29 is 0 Å². The van der Waals surface area contributed by atoms with Crippen molar-refractivity contribution in [3.8, 4) is 6.07 Å². The number of thiophene rings is 1. The molecule has 0 unspecified atom stereocenters. The van der Waals surface area contributed by atoms with Crippen molar-refractivity contribution in [3.05, 3.63) is 16.3 Å². The van der Waals surface area contributed by atoms with Gasteiger partial charge in [0.2, 0.25) is 0 Å². The van der Waals surface area contributed by atoms with Crippen molar-refractivity contribution in [1.29, 1.82) is 5.26 Å². The smallest absolute Gasteiger partial charge is 0.146 e. The summed E-state index contributed by atoms with van der Waals surface area (Å²) in [6, 6.07) is 2.80. The molecular formula is C15H19N5S. The second-order valence-corrected chi connectivity index (χ2v) is 6.80. The molecule has 2 aromatic rings. The van der Waals surface area contributed by atoms with Gasteiger partial charge < -0.3 is 5.73 Å². The van der Waals surface area contributed by atoms with Crippen LogP contribution in [0.2, 0.25) is 0 Å². The largest absolute Gasteiger partial charge is 0.383 e. The Kier molecular flexibility index (Phi) is 3.79. The molecule has 0 bridgehead atoms. The number of nitriles is 1. The van der Waals surface area contributed by atoms with E-state index in [1.807, 2.05) is 0 Å². The summed E-state index contributed by atoms with van der Waals surface area (Å²) in [7, 11) is 0. The number of rotatable bonds is 5. The Labute approximate surface area is 128 Å². The van der Waals surface area contributed by atoms with E-state index < -0.39 is 0 Å². The Balaban J connectivity index is 1.88. The summed E-state index contributed by atoms with van der Waals surface area (Å²) in [4.78, 5) is 13.7. The van der Waals surface area contributed by atoms with Gasteiger partial charge in [-0.15, -0.1) is 11.3 Å². The van der Waals surface area contributed by atoms with Crippen molar-refractivity contribution >= 4 is 27.4 Å². The third kappa shape index (κ3) is 2.85. The van der Waals surface area contributed by atoms with E-state index in [4.69, 9.17) is 11.0 Å². The number of nitrogen functional groups attached to an aromatic ring is 1. The monoisotopic (exact) mass is 301 g/mol. The molecule has 110 valence electrons. The normalized spacial score (nSPS) is 14.8. The standard InChI is InChI=1S/C15H19N5S/c1-9-10(2)21-15-13(9)14(17)18-12(19-15)8-20(7-3-6-16)11-4-5-11/h11H,3-5,7-8H2,1-2H3,(H2,17,18,19). The fraction of sp³-hybridized carbons (Fsp3) is 0.533. The average molecular weight is 301 g/mol. The quantitative estimate of drug-likeness (QED) is 0.918. The van der Waals surface area contributed by atoms with Gasteiger partial charge in [-0.25, -0.2) is 9.97 Å². The molecule has 2 heterocycles. The van der Waals surface area contributed by atoms with Crippen molar-refractivity contribution in [2.45, 2.75) is 45.7 Å². The summed E-state index contributed by atoms with van der Waals surface area (Å²) in [5.41, 5.74) is 7.31. The second-order valence-electron chi connectivity index (χ2n) is 5.60. The van der Waals surface area contributed by atoms with Crippen LogP contribution < -0.4 is 5.73 Å². The van der Waals surface area contributed by atoms with Gasteiger partial charge in [0.05, 0.1) is 18.0 Å². The maximum Gasteiger partial charge on any atom is 0.146 e. The molecule has 21 heavy (non-hydrogen) atoms. The van der Waals surface area contributed by atoms with E-state index >= 15 is 0 Å². The molecule has 6 heteroatoms. The summed E-state index contributed by atoms with van der Waals surface area (Å²) in [5, 5.41) is 9.77. The molecule has 1 saturated carbocycles. The van der Waals surface area contributed by atoms with Gasteiger partial charge in [0.15, 0.2) is 0 Å². The van der Waals surface area contributed by atoms with Crippen LogP contribution in [-0.4, -0.2) is 27.5 Å². The van der Waals surface area contributed by atoms with Gasteiger partial charge >= 0.3 is 0 Å². The first-order valence-electron chi connectivity index (χ1n) is 7.23. The number of hydrogen-bond donors (Lipinski definition) is 1. The van der Waals surface area contributed by atoms with E-state index in [0.717, 1.165) is 22.6 Å². The first-order valence-corrected chi connectivity index (χ1v) is 8.05. The van der Waals surface area contributed by atoms with E-state index in [-0.39, 0.29) is 0 Å². The zero-order chi connectivity index (χ0) is 15.0. The van der Waals surface area contributed by atoms with Crippen molar-refractivity contribution in [3.63, 3.8) is 0 Å². The molecule has 0 saturated heterocycles. The highest BCUT2D eigenvalue weighted by Crippen LogP contribution is 2.33. The Morgan fingerprint density at radius 2 is 2.14 bits per heavy atom. The molecule has 0 aromatic carbocycles. The maximum absolute atomic E-state index is 8.78. The fourth-order valence-corrected chi connectivity index (χ4v) is 3.66. The predicted octanol–water partition coefficient (Wildman–Crippen LogP) is 2.77. The van der Waals surface area contributed by atoms with Gasteiger partial charge in [0.25, 0.3) is 0 Å². The Bertz CT molecular complexity index is 711. The molecule has 5 nitrogen and oxygen atoms in total. The third-order valence-electron chi connectivity index (χ3n) is 4.02.